The normalized spacial score (nSPS) is 11.7. The summed E-state index contributed by atoms with van der Waals surface area (Å²) >= 11 is 5.85. The van der Waals surface area contributed by atoms with Crippen molar-refractivity contribution in [3.05, 3.63) is 70.8 Å². The van der Waals surface area contributed by atoms with Gasteiger partial charge in [-0.25, -0.2) is 4.39 Å². The van der Waals surface area contributed by atoms with E-state index in [9.17, 15) is 14.4 Å². The molecule has 2 aromatic carbocycles. The summed E-state index contributed by atoms with van der Waals surface area (Å²) in [6, 6.07) is 13.6. The van der Waals surface area contributed by atoms with E-state index in [1.165, 1.54) is 22.9 Å². The molecule has 0 radical (unpaired) electrons. The second kappa shape index (κ2) is 6.56. The van der Waals surface area contributed by atoms with Crippen molar-refractivity contribution >= 4 is 17.4 Å². The number of rotatable bonds is 4. The number of carbonyl (C=O) groups excluding carboxylic acids is 1. The van der Waals surface area contributed by atoms with Gasteiger partial charge in [0.15, 0.2) is 17.5 Å². The number of carbonyl (C=O) groups is 1. The molecule has 1 aromatic heterocycles. The lowest BCUT2D eigenvalue weighted by Gasteiger charge is -2.09. The zero-order valence-electron chi connectivity index (χ0n) is 12.1. The molecule has 0 spiro atoms. The van der Waals surface area contributed by atoms with Crippen LogP contribution in [-0.4, -0.2) is 26.0 Å². The maximum absolute atomic E-state index is 13.3. The van der Waals surface area contributed by atoms with E-state index in [2.05, 4.69) is 15.5 Å². The SMILES string of the molecule is N#C[C@H](C(=O)c1cccc(F)c1)c1nnnn1-c1ccc(Cl)cc1. The van der Waals surface area contributed by atoms with E-state index in [0.717, 1.165) is 6.07 Å². The Bertz CT molecular complexity index is 932. The fourth-order valence-electron chi connectivity index (χ4n) is 2.18. The topological polar surface area (TPSA) is 84.5 Å². The van der Waals surface area contributed by atoms with Gasteiger partial charge in [-0.2, -0.15) is 9.94 Å². The van der Waals surface area contributed by atoms with Gasteiger partial charge in [-0.1, -0.05) is 23.7 Å². The summed E-state index contributed by atoms with van der Waals surface area (Å²) in [4.78, 5) is 12.5. The summed E-state index contributed by atoms with van der Waals surface area (Å²) in [5, 5.41) is 21.1. The van der Waals surface area contributed by atoms with Crippen LogP contribution in [0.2, 0.25) is 5.02 Å². The van der Waals surface area contributed by atoms with Crippen molar-refractivity contribution < 1.29 is 9.18 Å². The summed E-state index contributed by atoms with van der Waals surface area (Å²) < 4.78 is 14.6. The Hall–Kier alpha value is -3.11. The number of hydrogen-bond donors (Lipinski definition) is 0. The Morgan fingerprint density at radius 1 is 1.25 bits per heavy atom. The molecule has 8 heteroatoms. The molecular weight excluding hydrogens is 333 g/mol. The number of aromatic nitrogens is 4. The van der Waals surface area contributed by atoms with Gasteiger partial charge in [0.2, 0.25) is 0 Å². The fourth-order valence-corrected chi connectivity index (χ4v) is 2.31. The minimum absolute atomic E-state index is 0.0501. The molecule has 1 heterocycles. The maximum atomic E-state index is 13.3. The zero-order valence-corrected chi connectivity index (χ0v) is 12.9. The Labute approximate surface area is 141 Å². The van der Waals surface area contributed by atoms with Crippen molar-refractivity contribution in [3.63, 3.8) is 0 Å². The molecule has 0 unspecified atom stereocenters. The highest BCUT2D eigenvalue weighted by atomic mass is 35.5. The van der Waals surface area contributed by atoms with Crippen LogP contribution < -0.4 is 0 Å². The lowest BCUT2D eigenvalue weighted by Crippen LogP contribution is -2.17. The molecule has 3 aromatic rings. The Morgan fingerprint density at radius 2 is 2.00 bits per heavy atom. The number of tetrazole rings is 1. The van der Waals surface area contributed by atoms with Gasteiger partial charge in [-0.15, -0.1) is 5.10 Å². The third kappa shape index (κ3) is 3.00. The van der Waals surface area contributed by atoms with Gasteiger partial charge < -0.3 is 0 Å². The number of benzene rings is 2. The largest absolute Gasteiger partial charge is 0.292 e. The molecule has 0 aliphatic carbocycles. The predicted octanol–water partition coefficient (Wildman–Crippen LogP) is 2.94. The first-order chi connectivity index (χ1) is 11.6. The van der Waals surface area contributed by atoms with Crippen molar-refractivity contribution in [1.29, 1.82) is 5.26 Å². The quantitative estimate of drug-likeness (QED) is 0.681. The summed E-state index contributed by atoms with van der Waals surface area (Å²) in [6.07, 6.45) is 0. The Balaban J connectivity index is 2.01. The van der Waals surface area contributed by atoms with Crippen LogP contribution in [-0.2, 0) is 0 Å². The van der Waals surface area contributed by atoms with E-state index < -0.39 is 17.5 Å². The fraction of sp³-hybridized carbons (Fsp3) is 0.0625. The average molecular weight is 342 g/mol. The van der Waals surface area contributed by atoms with Crippen molar-refractivity contribution in [2.75, 3.05) is 0 Å². The number of ketones is 1. The van der Waals surface area contributed by atoms with Gasteiger partial charge >= 0.3 is 0 Å². The van der Waals surface area contributed by atoms with Crippen LogP contribution in [0.1, 0.15) is 22.1 Å². The van der Waals surface area contributed by atoms with E-state index in [0.29, 0.717) is 10.7 Å². The van der Waals surface area contributed by atoms with Crippen LogP contribution in [0.25, 0.3) is 5.69 Å². The van der Waals surface area contributed by atoms with E-state index >= 15 is 0 Å². The van der Waals surface area contributed by atoms with Gasteiger partial charge in [0.1, 0.15) is 5.82 Å². The monoisotopic (exact) mass is 341 g/mol. The molecule has 0 aliphatic rings. The van der Waals surface area contributed by atoms with Crippen LogP contribution >= 0.6 is 11.6 Å². The average Bonchev–Trinajstić information content (AvgIpc) is 3.05. The highest BCUT2D eigenvalue weighted by Crippen LogP contribution is 2.22. The third-order valence-corrected chi connectivity index (χ3v) is 3.58. The van der Waals surface area contributed by atoms with Crippen LogP contribution in [0.5, 0.6) is 0 Å². The Kier molecular flexibility index (Phi) is 4.31. The molecule has 118 valence electrons. The summed E-state index contributed by atoms with van der Waals surface area (Å²) in [5.74, 6) is -2.36. The Morgan fingerprint density at radius 3 is 2.67 bits per heavy atom. The molecular formula is C16H9ClFN5O. The van der Waals surface area contributed by atoms with E-state index in [4.69, 9.17) is 11.6 Å². The van der Waals surface area contributed by atoms with Crippen LogP contribution in [0.15, 0.2) is 48.5 Å². The molecule has 0 bridgehead atoms. The highest BCUT2D eigenvalue weighted by Gasteiger charge is 2.28. The van der Waals surface area contributed by atoms with Crippen LogP contribution in [0.4, 0.5) is 4.39 Å². The second-order valence-corrected chi connectivity index (χ2v) is 5.30. The molecule has 0 saturated carbocycles. The molecule has 24 heavy (non-hydrogen) atoms. The van der Waals surface area contributed by atoms with Gasteiger partial charge in [-0.05, 0) is 46.8 Å². The second-order valence-electron chi connectivity index (χ2n) is 4.86. The van der Waals surface area contributed by atoms with Crippen molar-refractivity contribution in [1.82, 2.24) is 20.2 Å². The molecule has 0 N–H and O–H groups in total. The van der Waals surface area contributed by atoms with Crippen molar-refractivity contribution in [2.24, 2.45) is 0 Å². The number of nitriles is 1. The smallest absolute Gasteiger partial charge is 0.187 e. The van der Waals surface area contributed by atoms with Gasteiger partial charge in [0.05, 0.1) is 11.8 Å². The van der Waals surface area contributed by atoms with Crippen LogP contribution in [0.3, 0.4) is 0 Å². The van der Waals surface area contributed by atoms with Crippen LogP contribution in [0, 0.1) is 17.1 Å². The molecule has 0 amide bonds. The number of nitrogens with zero attached hydrogens (tertiary/aromatic N) is 5. The molecule has 1 atom stereocenters. The minimum Gasteiger partial charge on any atom is -0.292 e. The maximum Gasteiger partial charge on any atom is 0.187 e. The number of halogens is 2. The lowest BCUT2D eigenvalue weighted by molar-refractivity contribution is 0.0975. The summed E-state index contributed by atoms with van der Waals surface area (Å²) in [6.45, 7) is 0. The zero-order chi connectivity index (χ0) is 17.1. The first-order valence-electron chi connectivity index (χ1n) is 6.84. The number of Topliss-reactive ketones (excluding diaryl/α,β-unsaturated/α-hetero) is 1. The van der Waals surface area contributed by atoms with Gasteiger partial charge in [0, 0.05) is 10.6 Å². The standard InChI is InChI=1S/C16H9ClFN5O/c17-11-4-6-13(7-5-11)23-16(20-21-22-23)14(9-19)15(24)10-2-1-3-12(18)8-10/h1-8,14H/t14-/m1/s1. The van der Waals surface area contributed by atoms with Crippen molar-refractivity contribution in [2.45, 2.75) is 5.92 Å². The number of hydrogen-bond acceptors (Lipinski definition) is 5. The molecule has 3 rings (SSSR count). The van der Waals surface area contributed by atoms with Gasteiger partial charge in [0.25, 0.3) is 0 Å². The molecule has 0 saturated heterocycles. The van der Waals surface area contributed by atoms with E-state index in [1.54, 1.807) is 24.3 Å². The predicted molar refractivity (Wildman–Crippen MR) is 83.2 cm³/mol. The highest BCUT2D eigenvalue weighted by molar-refractivity contribution is 6.30. The van der Waals surface area contributed by atoms with Gasteiger partial charge in [-0.3, -0.25) is 4.79 Å². The molecule has 0 aliphatic heterocycles. The lowest BCUT2D eigenvalue weighted by atomic mass is 9.98. The third-order valence-electron chi connectivity index (χ3n) is 3.32. The van der Waals surface area contributed by atoms with E-state index in [-0.39, 0.29) is 11.4 Å². The van der Waals surface area contributed by atoms with E-state index in [1.807, 2.05) is 6.07 Å². The molecule has 0 fully saturated rings. The minimum atomic E-state index is -1.27. The summed E-state index contributed by atoms with van der Waals surface area (Å²) in [5.41, 5.74) is 0.624. The van der Waals surface area contributed by atoms with Crippen molar-refractivity contribution in [3.8, 4) is 11.8 Å². The first-order valence-corrected chi connectivity index (χ1v) is 7.21. The first kappa shape index (κ1) is 15.8. The summed E-state index contributed by atoms with van der Waals surface area (Å²) in [7, 11) is 0. The molecule has 6 nitrogen and oxygen atoms in total.